The van der Waals surface area contributed by atoms with E-state index < -0.39 is 11.7 Å². The van der Waals surface area contributed by atoms with Crippen molar-refractivity contribution < 1.29 is 17.9 Å². The number of hydrogen-bond acceptors (Lipinski definition) is 5. The normalized spacial score (nSPS) is 13.6. The average Bonchev–Trinajstić information content (AvgIpc) is 3.29. The number of unbranched alkanes of at least 4 members (excludes halogenated alkanes) is 1. The van der Waals surface area contributed by atoms with Crippen molar-refractivity contribution in [3.63, 3.8) is 0 Å². The lowest BCUT2D eigenvalue weighted by molar-refractivity contribution is -0.138. The van der Waals surface area contributed by atoms with Crippen LogP contribution >= 0.6 is 11.3 Å². The topological polar surface area (TPSA) is 61.0 Å². The summed E-state index contributed by atoms with van der Waals surface area (Å²) >= 11 is 1.24. The fraction of sp³-hybridized carbons (Fsp3) is 0.440. The van der Waals surface area contributed by atoms with Crippen molar-refractivity contribution in [1.29, 1.82) is 0 Å². The highest BCUT2D eigenvalue weighted by Gasteiger charge is 2.35. The highest BCUT2D eigenvalue weighted by Crippen LogP contribution is 2.40. The van der Waals surface area contributed by atoms with E-state index in [0.717, 1.165) is 31.7 Å². The fourth-order valence-electron chi connectivity index (χ4n) is 3.63. The third kappa shape index (κ3) is 7.01. The highest BCUT2D eigenvalue weighted by atomic mass is 32.1. The summed E-state index contributed by atoms with van der Waals surface area (Å²) in [5.74, 6) is 0.0585. The Morgan fingerprint density at radius 3 is 2.52 bits per heavy atom. The van der Waals surface area contributed by atoms with Crippen LogP contribution in [-0.4, -0.2) is 16.8 Å². The van der Waals surface area contributed by atoms with Gasteiger partial charge in [-0.3, -0.25) is 0 Å². The highest BCUT2D eigenvalue weighted by molar-refractivity contribution is 7.14. The largest absolute Gasteiger partial charge is 0.493 e. The molecule has 0 radical (unpaired) electrons. The van der Waals surface area contributed by atoms with Gasteiger partial charge in [0.1, 0.15) is 15.8 Å². The van der Waals surface area contributed by atoms with E-state index in [1.165, 1.54) is 23.0 Å². The molecule has 178 valence electrons. The summed E-state index contributed by atoms with van der Waals surface area (Å²) in [5, 5.41) is 9.29. The molecule has 0 amide bonds. The maximum atomic E-state index is 13.7. The SMILES string of the molecule is CCCC(C)C(N)c1nnc(-c2ccc(OCCCCc3ccccc3)c(C(F)(F)F)c2)s1. The molecule has 4 nitrogen and oxygen atoms in total. The second kappa shape index (κ2) is 11.6. The maximum absolute atomic E-state index is 13.7. The van der Waals surface area contributed by atoms with Gasteiger partial charge in [0.15, 0.2) is 0 Å². The van der Waals surface area contributed by atoms with Crippen LogP contribution in [0.1, 0.15) is 61.7 Å². The third-order valence-electron chi connectivity index (χ3n) is 5.57. The first-order chi connectivity index (χ1) is 15.8. The summed E-state index contributed by atoms with van der Waals surface area (Å²) in [6.07, 6.45) is -0.202. The lowest BCUT2D eigenvalue weighted by Crippen LogP contribution is -2.18. The van der Waals surface area contributed by atoms with Gasteiger partial charge in [-0.05, 0) is 55.4 Å². The zero-order valence-electron chi connectivity index (χ0n) is 18.9. The minimum absolute atomic E-state index is 0.163. The summed E-state index contributed by atoms with van der Waals surface area (Å²) in [6, 6.07) is 13.8. The summed E-state index contributed by atoms with van der Waals surface area (Å²) in [4.78, 5) is 0. The van der Waals surface area contributed by atoms with Crippen LogP contribution in [0.3, 0.4) is 0 Å². The summed E-state index contributed by atoms with van der Waals surface area (Å²) in [7, 11) is 0. The van der Waals surface area contributed by atoms with Crippen molar-refractivity contribution in [2.45, 2.75) is 58.2 Å². The first-order valence-corrected chi connectivity index (χ1v) is 12.1. The van der Waals surface area contributed by atoms with E-state index in [1.807, 2.05) is 37.3 Å². The Morgan fingerprint density at radius 1 is 1.06 bits per heavy atom. The Hall–Kier alpha value is -2.45. The van der Waals surface area contributed by atoms with Crippen LogP contribution in [0.4, 0.5) is 13.2 Å². The van der Waals surface area contributed by atoms with E-state index in [9.17, 15) is 13.2 Å². The molecule has 2 unspecified atom stereocenters. The molecule has 3 aromatic rings. The van der Waals surface area contributed by atoms with Crippen molar-refractivity contribution >= 4 is 11.3 Å². The van der Waals surface area contributed by atoms with Crippen molar-refractivity contribution in [1.82, 2.24) is 10.2 Å². The zero-order chi connectivity index (χ0) is 23.8. The van der Waals surface area contributed by atoms with Crippen molar-refractivity contribution in [3.8, 4) is 16.3 Å². The number of rotatable bonds is 11. The Bertz CT molecular complexity index is 1010. The zero-order valence-corrected chi connectivity index (χ0v) is 19.8. The molecule has 0 saturated heterocycles. The molecule has 0 saturated carbocycles. The number of alkyl halides is 3. The lowest BCUT2D eigenvalue weighted by Gasteiger charge is -2.16. The Kier molecular flexibility index (Phi) is 8.86. The number of halogens is 3. The number of ether oxygens (including phenoxy) is 1. The monoisotopic (exact) mass is 477 g/mol. The van der Waals surface area contributed by atoms with Gasteiger partial charge in [-0.1, -0.05) is 61.9 Å². The third-order valence-corrected chi connectivity index (χ3v) is 6.65. The molecule has 2 aromatic carbocycles. The van der Waals surface area contributed by atoms with Crippen LogP contribution in [0.25, 0.3) is 10.6 Å². The number of aromatic nitrogens is 2. The van der Waals surface area contributed by atoms with Gasteiger partial charge in [0, 0.05) is 5.56 Å². The van der Waals surface area contributed by atoms with Crippen LogP contribution < -0.4 is 10.5 Å². The van der Waals surface area contributed by atoms with Crippen LogP contribution in [-0.2, 0) is 12.6 Å². The van der Waals surface area contributed by atoms with Gasteiger partial charge in [-0.15, -0.1) is 10.2 Å². The molecular formula is C25H30F3N3OS. The molecule has 2 N–H and O–H groups in total. The van der Waals surface area contributed by atoms with Crippen molar-refractivity contribution in [2.24, 2.45) is 11.7 Å². The Morgan fingerprint density at radius 2 is 1.82 bits per heavy atom. The molecule has 8 heteroatoms. The molecule has 2 atom stereocenters. The molecule has 1 heterocycles. The van der Waals surface area contributed by atoms with Crippen LogP contribution in [0, 0.1) is 5.92 Å². The first kappa shape index (κ1) is 25.2. The van der Waals surface area contributed by atoms with Crippen molar-refractivity contribution in [3.05, 3.63) is 64.7 Å². The van der Waals surface area contributed by atoms with E-state index in [0.29, 0.717) is 22.0 Å². The first-order valence-electron chi connectivity index (χ1n) is 11.3. The average molecular weight is 478 g/mol. The minimum Gasteiger partial charge on any atom is -0.493 e. The van der Waals surface area contributed by atoms with E-state index in [2.05, 4.69) is 17.1 Å². The standard InChI is InChI=1S/C25H30F3N3OS/c1-3-9-17(2)22(29)24-31-30-23(33-24)19-13-14-21(20(16-19)25(26,27)28)32-15-8-7-12-18-10-5-4-6-11-18/h4-6,10-11,13-14,16-17,22H,3,7-9,12,15,29H2,1-2H3. The van der Waals surface area contributed by atoms with Gasteiger partial charge in [0.2, 0.25) is 0 Å². The Balaban J connectivity index is 1.67. The van der Waals surface area contributed by atoms with E-state index >= 15 is 0 Å². The van der Waals surface area contributed by atoms with Crippen molar-refractivity contribution in [2.75, 3.05) is 6.61 Å². The van der Waals surface area contributed by atoms with Gasteiger partial charge in [-0.2, -0.15) is 13.2 Å². The van der Waals surface area contributed by atoms with E-state index in [1.54, 1.807) is 6.07 Å². The number of aryl methyl sites for hydroxylation is 1. The predicted octanol–water partition coefficient (Wildman–Crippen LogP) is 7.06. The molecule has 33 heavy (non-hydrogen) atoms. The van der Waals surface area contributed by atoms with Gasteiger partial charge in [-0.25, -0.2) is 0 Å². The molecule has 0 spiro atoms. The minimum atomic E-state index is -4.53. The van der Waals surface area contributed by atoms with Gasteiger partial charge in [0.05, 0.1) is 18.2 Å². The van der Waals surface area contributed by atoms with E-state index in [-0.39, 0.29) is 24.3 Å². The summed E-state index contributed by atoms with van der Waals surface area (Å²) in [6.45, 7) is 4.35. The quantitative estimate of drug-likeness (QED) is 0.300. The van der Waals surface area contributed by atoms with Crippen LogP contribution in [0.5, 0.6) is 5.75 Å². The number of benzene rings is 2. The maximum Gasteiger partial charge on any atom is 0.419 e. The molecule has 1 aromatic heterocycles. The smallest absolute Gasteiger partial charge is 0.419 e. The van der Waals surface area contributed by atoms with Gasteiger partial charge < -0.3 is 10.5 Å². The fourth-order valence-corrected chi connectivity index (χ4v) is 4.61. The summed E-state index contributed by atoms with van der Waals surface area (Å²) < 4.78 is 46.7. The number of nitrogens with zero attached hydrogens (tertiary/aromatic N) is 2. The van der Waals surface area contributed by atoms with E-state index in [4.69, 9.17) is 10.5 Å². The van der Waals surface area contributed by atoms with Crippen LogP contribution in [0.2, 0.25) is 0 Å². The number of nitrogens with two attached hydrogens (primary N) is 1. The lowest BCUT2D eigenvalue weighted by atomic mass is 9.98. The van der Waals surface area contributed by atoms with Gasteiger partial charge >= 0.3 is 6.18 Å². The molecule has 0 bridgehead atoms. The second-order valence-corrected chi connectivity index (χ2v) is 9.25. The predicted molar refractivity (Wildman–Crippen MR) is 126 cm³/mol. The molecule has 0 aliphatic heterocycles. The molecular weight excluding hydrogens is 447 g/mol. The Labute approximate surface area is 197 Å². The number of hydrogen-bond donors (Lipinski definition) is 1. The molecule has 0 aliphatic carbocycles. The molecule has 0 fully saturated rings. The van der Waals surface area contributed by atoms with Gasteiger partial charge in [0.25, 0.3) is 0 Å². The second-order valence-electron chi connectivity index (χ2n) is 8.24. The molecule has 3 rings (SSSR count). The summed E-state index contributed by atoms with van der Waals surface area (Å²) in [5.41, 5.74) is 7.03. The van der Waals surface area contributed by atoms with Crippen LogP contribution in [0.15, 0.2) is 48.5 Å². The molecule has 0 aliphatic rings.